The maximum absolute atomic E-state index is 6.02. The second-order valence-corrected chi connectivity index (χ2v) is 5.63. The molecular formula is C15H14ClN5. The first-order chi connectivity index (χ1) is 10.3. The van der Waals surface area contributed by atoms with Gasteiger partial charge in [0.25, 0.3) is 0 Å². The third-order valence-corrected chi connectivity index (χ3v) is 4.19. The van der Waals surface area contributed by atoms with Crippen LogP contribution in [0, 0.1) is 0 Å². The number of nitrogens with zero attached hydrogens (tertiary/aromatic N) is 4. The highest BCUT2D eigenvalue weighted by molar-refractivity contribution is 6.28. The van der Waals surface area contributed by atoms with Gasteiger partial charge in [-0.3, -0.25) is 5.10 Å². The lowest BCUT2D eigenvalue weighted by Gasteiger charge is -2.18. The van der Waals surface area contributed by atoms with Gasteiger partial charge in [0, 0.05) is 19.0 Å². The highest BCUT2D eigenvalue weighted by Crippen LogP contribution is 2.33. The van der Waals surface area contributed by atoms with Crippen molar-refractivity contribution in [1.29, 1.82) is 0 Å². The summed E-state index contributed by atoms with van der Waals surface area (Å²) in [6.07, 6.45) is 2.88. The summed E-state index contributed by atoms with van der Waals surface area (Å²) >= 11 is 6.02. The highest BCUT2D eigenvalue weighted by Gasteiger charge is 2.26. The highest BCUT2D eigenvalue weighted by atomic mass is 35.5. The zero-order valence-electron chi connectivity index (χ0n) is 11.3. The smallest absolute Gasteiger partial charge is 0.226 e. The number of H-pyrrole nitrogens is 1. The topological polar surface area (TPSA) is 57.7 Å². The van der Waals surface area contributed by atoms with Crippen molar-refractivity contribution in [3.8, 4) is 0 Å². The van der Waals surface area contributed by atoms with Crippen molar-refractivity contribution in [2.24, 2.45) is 0 Å². The first-order valence-corrected chi connectivity index (χ1v) is 7.35. The molecule has 1 atom stereocenters. The Labute approximate surface area is 127 Å². The maximum Gasteiger partial charge on any atom is 0.226 e. The summed E-state index contributed by atoms with van der Waals surface area (Å²) in [5, 5.41) is 8.07. The van der Waals surface area contributed by atoms with Gasteiger partial charge in [0.15, 0.2) is 5.65 Å². The molecule has 3 aromatic rings. The van der Waals surface area contributed by atoms with Crippen molar-refractivity contribution in [2.75, 3.05) is 18.0 Å². The summed E-state index contributed by atoms with van der Waals surface area (Å²) in [5.41, 5.74) is 2.07. The van der Waals surface area contributed by atoms with E-state index in [0.717, 1.165) is 30.7 Å². The molecule has 1 aliphatic rings. The van der Waals surface area contributed by atoms with E-state index in [1.165, 1.54) is 5.56 Å². The number of halogens is 1. The molecule has 3 heterocycles. The normalized spacial score (nSPS) is 18.5. The van der Waals surface area contributed by atoms with E-state index < -0.39 is 0 Å². The van der Waals surface area contributed by atoms with Gasteiger partial charge in [-0.15, -0.1) is 0 Å². The van der Waals surface area contributed by atoms with Crippen LogP contribution in [0.2, 0.25) is 5.28 Å². The van der Waals surface area contributed by atoms with E-state index in [1.807, 2.05) is 0 Å². The predicted octanol–water partition coefficient (Wildman–Crippen LogP) is 3.00. The Bertz CT molecular complexity index is 770. The van der Waals surface area contributed by atoms with E-state index in [4.69, 9.17) is 11.6 Å². The lowest BCUT2D eigenvalue weighted by molar-refractivity contribution is 0.774. The summed E-state index contributed by atoms with van der Waals surface area (Å²) in [5.74, 6) is 1.40. The van der Waals surface area contributed by atoms with Gasteiger partial charge in [-0.2, -0.15) is 15.1 Å². The van der Waals surface area contributed by atoms with E-state index in [0.29, 0.717) is 11.6 Å². The molecule has 2 aromatic heterocycles. The minimum absolute atomic E-state index is 0.255. The zero-order valence-corrected chi connectivity index (χ0v) is 12.1. The molecule has 21 heavy (non-hydrogen) atoms. The Morgan fingerprint density at radius 1 is 1.19 bits per heavy atom. The minimum atomic E-state index is 0.255. The van der Waals surface area contributed by atoms with Crippen molar-refractivity contribution in [1.82, 2.24) is 20.2 Å². The quantitative estimate of drug-likeness (QED) is 0.739. The Balaban J connectivity index is 1.67. The molecule has 0 bridgehead atoms. The zero-order chi connectivity index (χ0) is 14.2. The minimum Gasteiger partial charge on any atom is -0.355 e. The first-order valence-electron chi connectivity index (χ1n) is 6.98. The third kappa shape index (κ3) is 2.23. The Morgan fingerprint density at radius 2 is 2.05 bits per heavy atom. The molecule has 0 amide bonds. The van der Waals surface area contributed by atoms with Crippen LogP contribution in [0.25, 0.3) is 11.0 Å². The van der Waals surface area contributed by atoms with Crippen molar-refractivity contribution >= 4 is 28.5 Å². The molecule has 1 aromatic carbocycles. The van der Waals surface area contributed by atoms with Crippen LogP contribution in [0.4, 0.5) is 5.82 Å². The van der Waals surface area contributed by atoms with Crippen molar-refractivity contribution in [2.45, 2.75) is 12.3 Å². The molecule has 0 radical (unpaired) electrons. The predicted molar refractivity (Wildman–Crippen MR) is 82.7 cm³/mol. The van der Waals surface area contributed by atoms with E-state index in [1.54, 1.807) is 6.20 Å². The standard InChI is InChI=1S/C15H14ClN5/c16-15-18-13-12(8-17-20-13)14(19-15)21-7-6-11(9-21)10-4-2-1-3-5-10/h1-5,8,11H,6-7,9H2,(H,17,18,19,20). The number of aromatic amines is 1. The van der Waals surface area contributed by atoms with Crippen LogP contribution in [0.3, 0.4) is 0 Å². The van der Waals surface area contributed by atoms with Crippen LogP contribution in [0.1, 0.15) is 17.9 Å². The molecule has 1 aliphatic heterocycles. The van der Waals surface area contributed by atoms with E-state index in [-0.39, 0.29) is 5.28 Å². The molecular weight excluding hydrogens is 286 g/mol. The van der Waals surface area contributed by atoms with Crippen LogP contribution < -0.4 is 4.90 Å². The second-order valence-electron chi connectivity index (χ2n) is 5.29. The summed E-state index contributed by atoms with van der Waals surface area (Å²) in [7, 11) is 0. The lowest BCUT2D eigenvalue weighted by Crippen LogP contribution is -2.21. The number of aromatic nitrogens is 4. The van der Waals surface area contributed by atoms with Gasteiger partial charge in [0.05, 0.1) is 11.6 Å². The molecule has 5 nitrogen and oxygen atoms in total. The van der Waals surface area contributed by atoms with Gasteiger partial charge >= 0.3 is 0 Å². The van der Waals surface area contributed by atoms with Gasteiger partial charge in [0.2, 0.25) is 5.28 Å². The third-order valence-electron chi connectivity index (χ3n) is 4.02. The number of hydrogen-bond acceptors (Lipinski definition) is 4. The molecule has 0 saturated carbocycles. The Kier molecular flexibility index (Phi) is 3.00. The SMILES string of the molecule is Clc1nc(N2CCC(c3ccccc3)C2)c2cn[nH]c2n1. The molecule has 0 aliphatic carbocycles. The molecule has 1 N–H and O–H groups in total. The van der Waals surface area contributed by atoms with Crippen LogP contribution in [0.5, 0.6) is 0 Å². The number of fused-ring (bicyclic) bond motifs is 1. The molecule has 0 spiro atoms. The molecule has 1 saturated heterocycles. The second kappa shape index (κ2) is 5.00. The molecule has 4 rings (SSSR count). The Hall–Kier alpha value is -2.14. The van der Waals surface area contributed by atoms with Crippen molar-refractivity contribution < 1.29 is 0 Å². The number of rotatable bonds is 2. The van der Waals surface area contributed by atoms with Gasteiger partial charge in [-0.25, -0.2) is 0 Å². The monoisotopic (exact) mass is 299 g/mol. The molecule has 1 fully saturated rings. The summed E-state index contributed by atoms with van der Waals surface area (Å²) in [6.45, 7) is 1.91. The molecule has 106 valence electrons. The Morgan fingerprint density at radius 3 is 2.90 bits per heavy atom. The largest absolute Gasteiger partial charge is 0.355 e. The van der Waals surface area contributed by atoms with Gasteiger partial charge in [0.1, 0.15) is 5.82 Å². The average molecular weight is 300 g/mol. The fraction of sp³-hybridized carbons (Fsp3) is 0.267. The fourth-order valence-electron chi connectivity index (χ4n) is 2.98. The summed E-state index contributed by atoms with van der Waals surface area (Å²) < 4.78 is 0. The van der Waals surface area contributed by atoms with Crippen LogP contribution in [0.15, 0.2) is 36.5 Å². The van der Waals surface area contributed by atoms with Crippen molar-refractivity contribution in [3.63, 3.8) is 0 Å². The number of nitrogens with one attached hydrogen (secondary N) is 1. The number of anilines is 1. The first kappa shape index (κ1) is 12.6. The van der Waals surface area contributed by atoms with E-state index in [2.05, 4.69) is 55.4 Å². The fourth-order valence-corrected chi connectivity index (χ4v) is 3.15. The maximum atomic E-state index is 6.02. The molecule has 6 heteroatoms. The lowest BCUT2D eigenvalue weighted by atomic mass is 9.99. The van der Waals surface area contributed by atoms with Crippen LogP contribution in [-0.4, -0.2) is 33.3 Å². The number of hydrogen-bond donors (Lipinski definition) is 1. The molecule has 1 unspecified atom stereocenters. The van der Waals surface area contributed by atoms with Gasteiger partial charge in [-0.05, 0) is 23.6 Å². The van der Waals surface area contributed by atoms with Gasteiger partial charge < -0.3 is 4.90 Å². The summed E-state index contributed by atoms with van der Waals surface area (Å²) in [6, 6.07) is 10.6. The van der Waals surface area contributed by atoms with Gasteiger partial charge in [-0.1, -0.05) is 30.3 Å². The summed E-state index contributed by atoms with van der Waals surface area (Å²) in [4.78, 5) is 10.8. The van der Waals surface area contributed by atoms with E-state index >= 15 is 0 Å². The average Bonchev–Trinajstić information content (AvgIpc) is 3.16. The van der Waals surface area contributed by atoms with E-state index in [9.17, 15) is 0 Å². The van der Waals surface area contributed by atoms with Crippen molar-refractivity contribution in [3.05, 3.63) is 47.4 Å². The van der Waals surface area contributed by atoms with Crippen LogP contribution in [-0.2, 0) is 0 Å². The number of benzene rings is 1. The van der Waals surface area contributed by atoms with Crippen LogP contribution >= 0.6 is 11.6 Å².